The van der Waals surface area contributed by atoms with E-state index in [1.54, 1.807) is 0 Å². The number of nitrogens with zero attached hydrogens (tertiary/aromatic N) is 2. The van der Waals surface area contributed by atoms with Crippen LogP contribution in [0.3, 0.4) is 0 Å². The van der Waals surface area contributed by atoms with Crippen molar-refractivity contribution in [2.45, 2.75) is 191 Å². The first kappa shape index (κ1) is 36.4. The van der Waals surface area contributed by atoms with E-state index in [0.29, 0.717) is 72.3 Å². The Morgan fingerprint density at radius 2 is 1.77 bits per heavy atom. The molecule has 5 aliphatic heterocycles. The van der Waals surface area contributed by atoms with E-state index in [9.17, 15) is 0 Å². The van der Waals surface area contributed by atoms with Crippen LogP contribution in [0.2, 0.25) is 0 Å². The zero-order chi connectivity index (χ0) is 33.2. The van der Waals surface area contributed by atoms with Gasteiger partial charge in [0.05, 0.1) is 12.3 Å². The van der Waals surface area contributed by atoms with Crippen molar-refractivity contribution in [3.63, 3.8) is 0 Å². The first-order valence-electron chi connectivity index (χ1n) is 20.4. The molecule has 5 heterocycles. The van der Waals surface area contributed by atoms with Gasteiger partial charge in [0.15, 0.2) is 0 Å². The van der Waals surface area contributed by atoms with Gasteiger partial charge in [0.25, 0.3) is 0 Å². The molecular formula is C38H74N8O. The molecule has 0 aromatic heterocycles. The second-order valence-electron chi connectivity index (χ2n) is 17.1. The van der Waals surface area contributed by atoms with Crippen LogP contribution < -0.4 is 32.7 Å². The Morgan fingerprint density at radius 1 is 0.936 bits per heavy atom. The van der Waals surface area contributed by atoms with Crippen LogP contribution in [0.15, 0.2) is 0 Å². The van der Waals surface area contributed by atoms with E-state index in [-0.39, 0.29) is 18.3 Å². The summed E-state index contributed by atoms with van der Waals surface area (Å²) in [5.41, 5.74) is 12.8. The van der Waals surface area contributed by atoms with Gasteiger partial charge in [0.2, 0.25) is 0 Å². The fraction of sp³-hybridized carbons (Fsp3) is 1.00. The van der Waals surface area contributed by atoms with E-state index >= 15 is 0 Å². The number of nitrogens with one attached hydrogen (secondary N) is 4. The van der Waals surface area contributed by atoms with Crippen LogP contribution in [0.5, 0.6) is 0 Å². The Bertz CT molecular complexity index is 964. The minimum atomic E-state index is 0.185. The van der Waals surface area contributed by atoms with Crippen LogP contribution in [-0.2, 0) is 4.74 Å². The zero-order valence-electron chi connectivity index (χ0n) is 31.0. The summed E-state index contributed by atoms with van der Waals surface area (Å²) in [7, 11) is 0. The summed E-state index contributed by atoms with van der Waals surface area (Å²) < 4.78 is 7.38. The molecule has 272 valence electrons. The Balaban J connectivity index is 1.10. The molecule has 1 aliphatic carbocycles. The highest BCUT2D eigenvalue weighted by molar-refractivity contribution is 5.06. The zero-order valence-corrected chi connectivity index (χ0v) is 31.0. The molecule has 0 bridgehead atoms. The van der Waals surface area contributed by atoms with Gasteiger partial charge in [-0.15, -0.1) is 0 Å². The monoisotopic (exact) mass is 659 g/mol. The molecule has 16 atom stereocenters. The first-order valence-corrected chi connectivity index (χ1v) is 20.4. The van der Waals surface area contributed by atoms with Gasteiger partial charge in [-0.3, -0.25) is 20.4 Å². The third-order valence-electron chi connectivity index (χ3n) is 14.3. The summed E-state index contributed by atoms with van der Waals surface area (Å²) in [6.45, 7) is 18.3. The Hall–Kier alpha value is -0.360. The van der Waals surface area contributed by atoms with Crippen LogP contribution in [0.4, 0.5) is 0 Å². The predicted octanol–water partition coefficient (Wildman–Crippen LogP) is 3.57. The molecule has 6 fully saturated rings. The molecule has 1 saturated carbocycles. The van der Waals surface area contributed by atoms with Crippen molar-refractivity contribution in [2.24, 2.45) is 35.1 Å². The molecule has 47 heavy (non-hydrogen) atoms. The maximum Gasteiger partial charge on any atom is 0.115 e. The van der Waals surface area contributed by atoms with Crippen LogP contribution in [-0.4, -0.2) is 109 Å². The molecule has 5 saturated heterocycles. The van der Waals surface area contributed by atoms with Gasteiger partial charge in [-0.05, 0) is 130 Å². The Kier molecular flexibility index (Phi) is 12.7. The standard InChI is InChI=1S/C38H74N8O/c1-7-30(43-24(4)23(3)39)15-13-27-19-35-31-16-14-28(20-36(31)47-38(46(35)25(27)5)29-11-9-17-41-21-29)33-22-42-37(44-33)34-12-10-18-45(34)26(6)32(40)8-2/h23-38,41-44H,7-22,39-40H2,1-6H3. The van der Waals surface area contributed by atoms with E-state index in [1.807, 2.05) is 0 Å². The van der Waals surface area contributed by atoms with Gasteiger partial charge in [-0.25, -0.2) is 0 Å². The van der Waals surface area contributed by atoms with Crippen LogP contribution >= 0.6 is 0 Å². The largest absolute Gasteiger partial charge is 0.359 e. The molecule has 0 radical (unpaired) electrons. The molecule has 0 aromatic rings. The number of ether oxygens (including phenoxy) is 1. The lowest BCUT2D eigenvalue weighted by Gasteiger charge is -2.54. The summed E-state index contributed by atoms with van der Waals surface area (Å²) in [4.78, 5) is 5.63. The van der Waals surface area contributed by atoms with Gasteiger partial charge >= 0.3 is 0 Å². The number of likely N-dealkylation sites (tertiary alicyclic amines) is 1. The number of nitrogens with two attached hydrogens (primary N) is 2. The van der Waals surface area contributed by atoms with E-state index in [1.165, 1.54) is 77.2 Å². The molecule has 0 spiro atoms. The smallest absolute Gasteiger partial charge is 0.115 e. The van der Waals surface area contributed by atoms with Gasteiger partial charge < -0.3 is 26.8 Å². The topological polar surface area (TPSA) is 116 Å². The second kappa shape index (κ2) is 16.3. The maximum atomic E-state index is 7.38. The maximum absolute atomic E-state index is 7.38. The highest BCUT2D eigenvalue weighted by atomic mass is 16.5. The minimum absolute atomic E-state index is 0.185. The van der Waals surface area contributed by atoms with Crippen molar-refractivity contribution in [2.75, 3.05) is 26.2 Å². The van der Waals surface area contributed by atoms with Gasteiger partial charge in [0.1, 0.15) is 6.23 Å². The number of hydrogen-bond donors (Lipinski definition) is 6. The first-order chi connectivity index (χ1) is 22.7. The SMILES string of the molecule is CCC(CCC1CC2C3CCC(C4CNC(C5CCCN5C(C)C(N)CC)N4)CC3OC(C3CCCNC3)N2C1C)NC(C)C(C)N. The van der Waals surface area contributed by atoms with E-state index in [0.717, 1.165) is 32.0 Å². The number of piperidine rings is 1. The fourth-order valence-electron chi connectivity index (χ4n) is 11.0. The molecule has 6 rings (SSSR count). The average Bonchev–Trinajstić information content (AvgIpc) is 3.85. The number of rotatable bonds is 13. The van der Waals surface area contributed by atoms with Gasteiger partial charge in [-0.2, -0.15) is 0 Å². The van der Waals surface area contributed by atoms with Crippen molar-refractivity contribution in [1.82, 2.24) is 31.1 Å². The molecule has 9 nitrogen and oxygen atoms in total. The minimum Gasteiger partial charge on any atom is -0.359 e. The molecule has 0 aromatic carbocycles. The van der Waals surface area contributed by atoms with Crippen molar-refractivity contribution in [1.29, 1.82) is 0 Å². The lowest BCUT2D eigenvalue weighted by molar-refractivity contribution is -0.226. The van der Waals surface area contributed by atoms with Crippen LogP contribution in [0.1, 0.15) is 119 Å². The average molecular weight is 659 g/mol. The van der Waals surface area contributed by atoms with Crippen LogP contribution in [0.25, 0.3) is 0 Å². The molecule has 6 aliphatic rings. The lowest BCUT2D eigenvalue weighted by Crippen LogP contribution is -2.62. The number of hydrogen-bond acceptors (Lipinski definition) is 9. The predicted molar refractivity (Wildman–Crippen MR) is 194 cm³/mol. The van der Waals surface area contributed by atoms with E-state index in [4.69, 9.17) is 16.2 Å². The Labute approximate surface area is 288 Å². The summed E-state index contributed by atoms with van der Waals surface area (Å²) in [6, 6.07) is 4.15. The van der Waals surface area contributed by atoms with Crippen molar-refractivity contribution < 1.29 is 4.74 Å². The second-order valence-corrected chi connectivity index (χ2v) is 17.1. The van der Waals surface area contributed by atoms with Crippen molar-refractivity contribution in [3.05, 3.63) is 0 Å². The van der Waals surface area contributed by atoms with Gasteiger partial charge in [0, 0.05) is 79.3 Å². The van der Waals surface area contributed by atoms with E-state index < -0.39 is 0 Å². The third-order valence-corrected chi connectivity index (χ3v) is 14.3. The molecule has 16 unspecified atom stereocenters. The highest BCUT2D eigenvalue weighted by Crippen LogP contribution is 2.50. The molecule has 0 amide bonds. The quantitative estimate of drug-likeness (QED) is 0.177. The molecular weight excluding hydrogens is 584 g/mol. The lowest BCUT2D eigenvalue weighted by atomic mass is 9.72. The number of fused-ring (bicyclic) bond motifs is 3. The molecule has 8 N–H and O–H groups in total. The normalized spacial score (nSPS) is 43.3. The highest BCUT2D eigenvalue weighted by Gasteiger charge is 2.55. The Morgan fingerprint density at radius 3 is 2.49 bits per heavy atom. The van der Waals surface area contributed by atoms with Crippen molar-refractivity contribution in [3.8, 4) is 0 Å². The summed E-state index contributed by atoms with van der Waals surface area (Å²) in [5.74, 6) is 2.72. The van der Waals surface area contributed by atoms with Crippen LogP contribution in [0, 0.1) is 23.7 Å². The summed E-state index contributed by atoms with van der Waals surface area (Å²) in [6.07, 6.45) is 16.2. The fourth-order valence-corrected chi connectivity index (χ4v) is 11.0. The van der Waals surface area contributed by atoms with Gasteiger partial charge in [-0.1, -0.05) is 13.8 Å². The third kappa shape index (κ3) is 7.94. The van der Waals surface area contributed by atoms with E-state index in [2.05, 4.69) is 72.6 Å². The summed E-state index contributed by atoms with van der Waals surface area (Å²) >= 11 is 0. The summed E-state index contributed by atoms with van der Waals surface area (Å²) in [5, 5.41) is 15.7. The van der Waals surface area contributed by atoms with Crippen molar-refractivity contribution >= 4 is 0 Å². The molecule has 9 heteroatoms.